The Morgan fingerprint density at radius 1 is 1.16 bits per heavy atom. The van der Waals surface area contributed by atoms with Crippen molar-refractivity contribution in [2.24, 2.45) is 17.3 Å². The first-order valence-electron chi connectivity index (χ1n) is 7.96. The van der Waals surface area contributed by atoms with Crippen LogP contribution in [-0.2, 0) is 9.59 Å². The molecule has 0 saturated heterocycles. The van der Waals surface area contributed by atoms with Crippen LogP contribution in [0.25, 0.3) is 10.2 Å². The maximum atomic E-state index is 12.1. The monoisotopic (exact) mass is 361 g/mol. The topological polar surface area (TPSA) is 108 Å². The highest BCUT2D eigenvalue weighted by Gasteiger charge is 2.65. The average Bonchev–Trinajstić information content (AvgIpc) is 2.92. The Morgan fingerprint density at radius 2 is 1.84 bits per heavy atom. The standard InChI is InChI=1S/C17H19N3O4S/c1-17(2)11(12(17)16(23)24)13(21)18-7-8-19-14(22)15-20-9-5-3-4-6-10(9)25-15/h3-6,11-12H,7-8H2,1-2H3,(H,18,21)(H,19,22)(H,23,24)/t11-,12+/m0/s1. The predicted molar refractivity (Wildman–Crippen MR) is 93.4 cm³/mol. The maximum absolute atomic E-state index is 12.1. The smallest absolute Gasteiger partial charge is 0.307 e. The van der Waals surface area contributed by atoms with Crippen LogP contribution in [0, 0.1) is 17.3 Å². The van der Waals surface area contributed by atoms with Crippen LogP contribution < -0.4 is 10.6 Å². The van der Waals surface area contributed by atoms with Gasteiger partial charge in [0.1, 0.15) is 0 Å². The molecule has 3 N–H and O–H groups in total. The molecule has 2 aromatic rings. The van der Waals surface area contributed by atoms with Crippen molar-refractivity contribution in [2.75, 3.05) is 13.1 Å². The van der Waals surface area contributed by atoms with Gasteiger partial charge in [0, 0.05) is 13.1 Å². The van der Waals surface area contributed by atoms with Crippen molar-refractivity contribution in [1.82, 2.24) is 15.6 Å². The van der Waals surface area contributed by atoms with Gasteiger partial charge in [-0.1, -0.05) is 26.0 Å². The van der Waals surface area contributed by atoms with Gasteiger partial charge in [-0.3, -0.25) is 14.4 Å². The van der Waals surface area contributed by atoms with Gasteiger partial charge in [0.2, 0.25) is 5.91 Å². The molecular weight excluding hydrogens is 342 g/mol. The van der Waals surface area contributed by atoms with E-state index in [-0.39, 0.29) is 24.9 Å². The van der Waals surface area contributed by atoms with E-state index in [2.05, 4.69) is 15.6 Å². The summed E-state index contributed by atoms with van der Waals surface area (Å²) >= 11 is 1.31. The van der Waals surface area contributed by atoms with Crippen LogP contribution in [0.2, 0.25) is 0 Å². The lowest BCUT2D eigenvalue weighted by molar-refractivity contribution is -0.140. The molecule has 0 unspecified atom stereocenters. The molecule has 7 nitrogen and oxygen atoms in total. The number of amides is 2. The van der Waals surface area contributed by atoms with E-state index < -0.39 is 23.2 Å². The summed E-state index contributed by atoms with van der Waals surface area (Å²) in [5.74, 6) is -2.69. The lowest BCUT2D eigenvalue weighted by Crippen LogP contribution is -2.36. The zero-order chi connectivity index (χ0) is 18.2. The van der Waals surface area contributed by atoms with Crippen molar-refractivity contribution in [3.05, 3.63) is 29.3 Å². The minimum Gasteiger partial charge on any atom is -0.481 e. The molecule has 0 spiro atoms. The number of benzene rings is 1. The number of aromatic nitrogens is 1. The van der Waals surface area contributed by atoms with E-state index in [9.17, 15) is 14.4 Å². The fourth-order valence-electron chi connectivity index (χ4n) is 3.10. The van der Waals surface area contributed by atoms with Gasteiger partial charge in [-0.15, -0.1) is 11.3 Å². The Morgan fingerprint density at radius 3 is 2.48 bits per heavy atom. The molecule has 2 atom stereocenters. The van der Waals surface area contributed by atoms with Gasteiger partial charge in [0.05, 0.1) is 22.1 Å². The molecule has 0 aliphatic heterocycles. The van der Waals surface area contributed by atoms with Gasteiger partial charge in [0.25, 0.3) is 5.91 Å². The summed E-state index contributed by atoms with van der Waals surface area (Å²) < 4.78 is 0.941. The molecular formula is C17H19N3O4S. The molecule has 1 aromatic heterocycles. The number of para-hydroxylation sites is 1. The summed E-state index contributed by atoms with van der Waals surface area (Å²) in [5, 5.41) is 14.9. The number of carbonyl (C=O) groups is 3. The Balaban J connectivity index is 1.46. The van der Waals surface area contributed by atoms with E-state index in [1.165, 1.54) is 11.3 Å². The number of carboxylic acid groups (broad SMARTS) is 1. The van der Waals surface area contributed by atoms with Crippen LogP contribution in [0.15, 0.2) is 24.3 Å². The number of carboxylic acids is 1. The molecule has 1 heterocycles. The van der Waals surface area contributed by atoms with Crippen LogP contribution in [0.5, 0.6) is 0 Å². The first-order chi connectivity index (χ1) is 11.8. The van der Waals surface area contributed by atoms with Gasteiger partial charge < -0.3 is 15.7 Å². The molecule has 2 amide bonds. The van der Waals surface area contributed by atoms with Gasteiger partial charge in [-0.05, 0) is 17.5 Å². The summed E-state index contributed by atoms with van der Waals surface area (Å²) in [5.41, 5.74) is 0.252. The van der Waals surface area contributed by atoms with E-state index >= 15 is 0 Å². The summed E-state index contributed by atoms with van der Waals surface area (Å²) in [7, 11) is 0. The second-order valence-electron chi connectivity index (χ2n) is 6.65. The highest BCUT2D eigenvalue weighted by Crippen LogP contribution is 2.58. The number of carbonyl (C=O) groups excluding carboxylic acids is 2. The van der Waals surface area contributed by atoms with Crippen molar-refractivity contribution in [2.45, 2.75) is 13.8 Å². The number of nitrogens with one attached hydrogen (secondary N) is 2. The third-order valence-electron chi connectivity index (χ3n) is 4.57. The van der Waals surface area contributed by atoms with E-state index in [0.29, 0.717) is 5.01 Å². The van der Waals surface area contributed by atoms with Crippen LogP contribution in [0.4, 0.5) is 0 Å². The molecule has 0 radical (unpaired) electrons. The molecule has 25 heavy (non-hydrogen) atoms. The zero-order valence-corrected chi connectivity index (χ0v) is 14.7. The number of hydrogen-bond acceptors (Lipinski definition) is 5. The fourth-order valence-corrected chi connectivity index (χ4v) is 3.99. The summed E-state index contributed by atoms with van der Waals surface area (Å²) in [6, 6.07) is 7.50. The number of aliphatic carboxylic acids is 1. The molecule has 1 aromatic carbocycles. The van der Waals surface area contributed by atoms with E-state index in [1.54, 1.807) is 13.8 Å². The lowest BCUT2D eigenvalue weighted by Gasteiger charge is -2.06. The average molecular weight is 361 g/mol. The second kappa shape index (κ2) is 6.44. The molecule has 1 aliphatic carbocycles. The Hall–Kier alpha value is -2.48. The van der Waals surface area contributed by atoms with E-state index in [1.807, 2.05) is 24.3 Å². The maximum Gasteiger partial charge on any atom is 0.307 e. The molecule has 0 bridgehead atoms. The summed E-state index contributed by atoms with van der Waals surface area (Å²) in [6.07, 6.45) is 0. The highest BCUT2D eigenvalue weighted by atomic mass is 32.1. The molecule has 1 saturated carbocycles. The van der Waals surface area contributed by atoms with Gasteiger partial charge >= 0.3 is 5.97 Å². The largest absolute Gasteiger partial charge is 0.481 e. The molecule has 1 aliphatic rings. The van der Waals surface area contributed by atoms with Crippen molar-refractivity contribution in [1.29, 1.82) is 0 Å². The van der Waals surface area contributed by atoms with E-state index in [4.69, 9.17) is 5.11 Å². The van der Waals surface area contributed by atoms with Crippen molar-refractivity contribution < 1.29 is 19.5 Å². The SMILES string of the molecule is CC1(C)[C@H](C(=O)NCCNC(=O)c2nc3ccccc3s2)[C@@H]1C(=O)O. The second-order valence-corrected chi connectivity index (χ2v) is 7.68. The number of thiazole rings is 1. The quantitative estimate of drug-likeness (QED) is 0.676. The minimum atomic E-state index is -0.950. The van der Waals surface area contributed by atoms with Crippen LogP contribution in [-0.4, -0.2) is 41.0 Å². The molecule has 1 fully saturated rings. The molecule has 132 valence electrons. The summed E-state index contributed by atoms with van der Waals surface area (Å²) in [4.78, 5) is 39.5. The number of nitrogens with zero attached hydrogens (tertiary/aromatic N) is 1. The molecule has 3 rings (SSSR count). The third-order valence-corrected chi connectivity index (χ3v) is 5.61. The highest BCUT2D eigenvalue weighted by molar-refractivity contribution is 7.20. The third kappa shape index (κ3) is 3.34. The fraction of sp³-hybridized carbons (Fsp3) is 0.412. The Bertz CT molecular complexity index is 812. The zero-order valence-electron chi connectivity index (χ0n) is 13.9. The Labute approximate surface area is 148 Å². The van der Waals surface area contributed by atoms with Crippen LogP contribution >= 0.6 is 11.3 Å². The van der Waals surface area contributed by atoms with Crippen molar-refractivity contribution >= 4 is 39.3 Å². The van der Waals surface area contributed by atoms with Crippen LogP contribution in [0.1, 0.15) is 23.6 Å². The number of hydrogen-bond donors (Lipinski definition) is 3. The Kier molecular flexibility index (Phi) is 4.47. The van der Waals surface area contributed by atoms with Gasteiger partial charge in [0.15, 0.2) is 5.01 Å². The first kappa shape index (κ1) is 17.3. The summed E-state index contributed by atoms with van der Waals surface area (Å²) in [6.45, 7) is 4.04. The first-order valence-corrected chi connectivity index (χ1v) is 8.78. The lowest BCUT2D eigenvalue weighted by atomic mass is 10.1. The molecule has 8 heteroatoms. The van der Waals surface area contributed by atoms with Gasteiger partial charge in [-0.25, -0.2) is 4.98 Å². The number of rotatable bonds is 6. The minimum absolute atomic E-state index is 0.244. The number of fused-ring (bicyclic) bond motifs is 1. The van der Waals surface area contributed by atoms with Crippen molar-refractivity contribution in [3.8, 4) is 0 Å². The normalized spacial score (nSPS) is 20.9. The van der Waals surface area contributed by atoms with E-state index in [0.717, 1.165) is 10.2 Å². The van der Waals surface area contributed by atoms with Crippen LogP contribution in [0.3, 0.4) is 0 Å². The van der Waals surface area contributed by atoms with Crippen molar-refractivity contribution in [3.63, 3.8) is 0 Å². The van der Waals surface area contributed by atoms with Gasteiger partial charge in [-0.2, -0.15) is 0 Å². The predicted octanol–water partition coefficient (Wildman–Crippen LogP) is 1.50.